The normalized spacial score (nSPS) is 21.1. The van der Waals surface area contributed by atoms with Crippen molar-refractivity contribution in [1.29, 1.82) is 0 Å². The van der Waals surface area contributed by atoms with E-state index in [0.717, 1.165) is 10.6 Å². The zero-order valence-electron chi connectivity index (χ0n) is 13.7. The van der Waals surface area contributed by atoms with Gasteiger partial charge >= 0.3 is 5.97 Å². The molecule has 1 aromatic carbocycles. The highest BCUT2D eigenvalue weighted by Crippen LogP contribution is 2.28. The van der Waals surface area contributed by atoms with Crippen LogP contribution in [-0.4, -0.2) is 34.2 Å². The second kappa shape index (κ2) is 8.19. The number of carboxylic acids is 1. The van der Waals surface area contributed by atoms with Gasteiger partial charge in [-0.05, 0) is 50.5 Å². The Balaban J connectivity index is 1.83. The van der Waals surface area contributed by atoms with E-state index >= 15 is 0 Å². The maximum absolute atomic E-state index is 12.3. The number of nitrogens with one attached hydrogen (secondary N) is 2. The molecule has 6 nitrogen and oxygen atoms in total. The molecule has 0 heterocycles. The first-order valence-electron chi connectivity index (χ1n) is 7.92. The molecule has 3 N–H and O–H groups in total. The van der Waals surface area contributed by atoms with E-state index in [1.54, 1.807) is 12.1 Å². The van der Waals surface area contributed by atoms with E-state index in [2.05, 4.69) is 10.6 Å². The maximum atomic E-state index is 12.3. The molecule has 0 saturated heterocycles. The first-order valence-corrected chi connectivity index (χ1v) is 8.80. The smallest absolute Gasteiger partial charge is 0.306 e. The van der Waals surface area contributed by atoms with Crippen LogP contribution in [0.1, 0.15) is 33.1 Å². The third-order valence-electron chi connectivity index (χ3n) is 3.99. The van der Waals surface area contributed by atoms with Gasteiger partial charge in [-0.25, -0.2) is 0 Å². The molecule has 0 bridgehead atoms. The van der Waals surface area contributed by atoms with Crippen LogP contribution in [0.2, 0.25) is 0 Å². The van der Waals surface area contributed by atoms with Gasteiger partial charge in [0.2, 0.25) is 11.8 Å². The summed E-state index contributed by atoms with van der Waals surface area (Å²) in [6.45, 7) is 3.28. The number of benzene rings is 1. The van der Waals surface area contributed by atoms with E-state index in [-0.39, 0.29) is 29.0 Å². The lowest BCUT2D eigenvalue weighted by Crippen LogP contribution is -2.38. The van der Waals surface area contributed by atoms with Crippen molar-refractivity contribution in [3.8, 4) is 0 Å². The molecule has 1 aliphatic carbocycles. The van der Waals surface area contributed by atoms with Crippen LogP contribution in [0.5, 0.6) is 0 Å². The molecule has 7 heteroatoms. The van der Waals surface area contributed by atoms with Crippen LogP contribution in [-0.2, 0) is 14.4 Å². The predicted molar refractivity (Wildman–Crippen MR) is 93.0 cm³/mol. The van der Waals surface area contributed by atoms with Crippen molar-refractivity contribution in [3.05, 3.63) is 24.3 Å². The van der Waals surface area contributed by atoms with Crippen LogP contribution in [0.4, 0.5) is 5.69 Å². The van der Waals surface area contributed by atoms with Crippen molar-refractivity contribution < 1.29 is 19.5 Å². The van der Waals surface area contributed by atoms with Crippen molar-refractivity contribution in [2.45, 2.75) is 49.3 Å². The molecular weight excluding hydrogens is 328 g/mol. The lowest BCUT2D eigenvalue weighted by molar-refractivity contribution is -0.141. The Hall–Kier alpha value is -2.02. The fourth-order valence-corrected chi connectivity index (χ4v) is 3.61. The van der Waals surface area contributed by atoms with Crippen LogP contribution in [0.3, 0.4) is 0 Å². The molecule has 0 aromatic heterocycles. The van der Waals surface area contributed by atoms with Gasteiger partial charge in [-0.15, -0.1) is 11.8 Å². The van der Waals surface area contributed by atoms with Gasteiger partial charge in [0.1, 0.15) is 0 Å². The molecule has 2 rings (SSSR count). The first kappa shape index (κ1) is 18.3. The second-order valence-corrected chi connectivity index (χ2v) is 7.43. The standard InChI is InChI=1S/C17H22N2O4S/c1-10(16(21)19-14-4-3-12(9-14)17(22)23)24-15-7-5-13(6-8-15)18-11(2)20/h5-8,10,12,14H,3-4,9H2,1-2H3,(H,18,20)(H,19,21)(H,22,23)/t10?,12-,14+/m1/s1. The lowest BCUT2D eigenvalue weighted by Gasteiger charge is -2.16. The quantitative estimate of drug-likeness (QED) is 0.685. The Labute approximate surface area is 145 Å². The molecule has 2 amide bonds. The van der Waals surface area contributed by atoms with Gasteiger partial charge in [0.25, 0.3) is 0 Å². The van der Waals surface area contributed by atoms with Crippen LogP contribution >= 0.6 is 11.8 Å². The SMILES string of the molecule is CC(=O)Nc1ccc(SC(C)C(=O)N[C@H]2CC[C@@H](C(=O)O)C2)cc1. The van der Waals surface area contributed by atoms with E-state index in [1.807, 2.05) is 19.1 Å². The van der Waals surface area contributed by atoms with Crippen molar-refractivity contribution in [3.63, 3.8) is 0 Å². The number of carbonyl (C=O) groups excluding carboxylic acids is 2. The Morgan fingerprint density at radius 1 is 1.21 bits per heavy atom. The van der Waals surface area contributed by atoms with Crippen LogP contribution in [0.25, 0.3) is 0 Å². The Bertz CT molecular complexity index is 618. The summed E-state index contributed by atoms with van der Waals surface area (Å²) in [6, 6.07) is 7.25. The molecular formula is C17H22N2O4S. The van der Waals surface area contributed by atoms with Crippen molar-refractivity contribution in [2.75, 3.05) is 5.32 Å². The monoisotopic (exact) mass is 350 g/mol. The van der Waals surface area contributed by atoms with E-state index in [9.17, 15) is 14.4 Å². The van der Waals surface area contributed by atoms with Crippen LogP contribution in [0.15, 0.2) is 29.2 Å². The zero-order chi connectivity index (χ0) is 17.7. The van der Waals surface area contributed by atoms with E-state index in [1.165, 1.54) is 18.7 Å². The number of rotatable bonds is 6. The van der Waals surface area contributed by atoms with Crippen molar-refractivity contribution >= 4 is 35.2 Å². The van der Waals surface area contributed by atoms with Gasteiger partial charge in [0.05, 0.1) is 11.2 Å². The fourth-order valence-electron chi connectivity index (χ4n) is 2.73. The molecule has 24 heavy (non-hydrogen) atoms. The number of carbonyl (C=O) groups is 3. The molecule has 130 valence electrons. The first-order chi connectivity index (χ1) is 11.3. The minimum absolute atomic E-state index is 0.0520. The molecule has 1 fully saturated rings. The molecule has 1 aliphatic rings. The van der Waals surface area contributed by atoms with Crippen molar-refractivity contribution in [1.82, 2.24) is 5.32 Å². The molecule has 0 spiro atoms. The molecule has 3 atom stereocenters. The molecule has 0 aliphatic heterocycles. The summed E-state index contributed by atoms with van der Waals surface area (Å²) >= 11 is 1.43. The van der Waals surface area contributed by atoms with Gasteiger partial charge in [-0.2, -0.15) is 0 Å². The van der Waals surface area contributed by atoms with Gasteiger partial charge in [-0.1, -0.05) is 0 Å². The number of thioether (sulfide) groups is 1. The largest absolute Gasteiger partial charge is 0.481 e. The number of hydrogen-bond acceptors (Lipinski definition) is 4. The number of anilines is 1. The van der Waals surface area contributed by atoms with Gasteiger partial charge in [0.15, 0.2) is 0 Å². The summed E-state index contributed by atoms with van der Waals surface area (Å²) in [4.78, 5) is 35.1. The summed E-state index contributed by atoms with van der Waals surface area (Å²) in [5, 5.41) is 14.4. The van der Waals surface area contributed by atoms with Gasteiger partial charge in [-0.3, -0.25) is 14.4 Å². The number of hydrogen-bond donors (Lipinski definition) is 3. The minimum Gasteiger partial charge on any atom is -0.481 e. The summed E-state index contributed by atoms with van der Waals surface area (Å²) < 4.78 is 0. The molecule has 0 radical (unpaired) electrons. The topological polar surface area (TPSA) is 95.5 Å². The summed E-state index contributed by atoms with van der Waals surface area (Å²) in [5.41, 5.74) is 0.717. The summed E-state index contributed by atoms with van der Waals surface area (Å²) in [6.07, 6.45) is 1.84. The average molecular weight is 350 g/mol. The number of amides is 2. The Morgan fingerprint density at radius 3 is 2.42 bits per heavy atom. The van der Waals surface area contributed by atoms with Crippen molar-refractivity contribution in [2.24, 2.45) is 5.92 Å². The van der Waals surface area contributed by atoms with Crippen LogP contribution in [0, 0.1) is 5.92 Å². The van der Waals surface area contributed by atoms with Crippen LogP contribution < -0.4 is 10.6 Å². The number of aliphatic carboxylic acids is 1. The number of carboxylic acid groups (broad SMARTS) is 1. The van der Waals surface area contributed by atoms with E-state index in [0.29, 0.717) is 19.3 Å². The highest BCUT2D eigenvalue weighted by atomic mass is 32.2. The van der Waals surface area contributed by atoms with E-state index in [4.69, 9.17) is 5.11 Å². The molecule has 1 aromatic rings. The highest BCUT2D eigenvalue weighted by molar-refractivity contribution is 8.00. The lowest BCUT2D eigenvalue weighted by atomic mass is 10.1. The second-order valence-electron chi connectivity index (χ2n) is 6.02. The molecule has 1 unspecified atom stereocenters. The predicted octanol–water partition coefficient (Wildman–Crippen LogP) is 2.50. The van der Waals surface area contributed by atoms with Gasteiger partial charge < -0.3 is 15.7 Å². The minimum atomic E-state index is -0.784. The maximum Gasteiger partial charge on any atom is 0.306 e. The highest BCUT2D eigenvalue weighted by Gasteiger charge is 2.31. The molecule has 1 saturated carbocycles. The fraction of sp³-hybridized carbons (Fsp3) is 0.471. The third-order valence-corrected chi connectivity index (χ3v) is 5.10. The Kier molecular flexibility index (Phi) is 6.25. The summed E-state index contributed by atoms with van der Waals surface area (Å²) in [5.74, 6) is -1.34. The van der Waals surface area contributed by atoms with E-state index < -0.39 is 5.97 Å². The average Bonchev–Trinajstić information content (AvgIpc) is 2.97. The summed E-state index contributed by atoms with van der Waals surface area (Å²) in [7, 11) is 0. The Morgan fingerprint density at radius 2 is 1.88 bits per heavy atom. The van der Waals surface area contributed by atoms with Gasteiger partial charge in [0, 0.05) is 23.5 Å². The third kappa shape index (κ3) is 5.26. The zero-order valence-corrected chi connectivity index (χ0v) is 14.6.